The molecule has 0 saturated carbocycles. The van der Waals surface area contributed by atoms with E-state index >= 15 is 0 Å². The van der Waals surface area contributed by atoms with Crippen LogP contribution in [-0.2, 0) is 0 Å². The summed E-state index contributed by atoms with van der Waals surface area (Å²) in [6.07, 6.45) is 0. The fourth-order valence-electron chi connectivity index (χ4n) is 1.61. The van der Waals surface area contributed by atoms with Crippen molar-refractivity contribution >= 4 is 56.7 Å². The van der Waals surface area contributed by atoms with Crippen LogP contribution < -0.4 is 4.74 Å². The quantitative estimate of drug-likeness (QED) is 0.506. The first-order chi connectivity index (χ1) is 10.5. The first-order valence-corrected chi connectivity index (χ1v) is 7.59. The SMILES string of the molecule is COc1ccc(/C(Cl)=N/N=C(\Cl)c2ccccc2Cl)c(Cl)c1. The van der Waals surface area contributed by atoms with E-state index in [4.69, 9.17) is 51.1 Å². The number of nitrogens with zero attached hydrogens (tertiary/aromatic N) is 2. The minimum atomic E-state index is 0.109. The number of hydrogen-bond acceptors (Lipinski definition) is 3. The van der Waals surface area contributed by atoms with Crippen molar-refractivity contribution in [3.63, 3.8) is 0 Å². The van der Waals surface area contributed by atoms with Crippen LogP contribution in [0.25, 0.3) is 0 Å². The lowest BCUT2D eigenvalue weighted by Gasteiger charge is -2.04. The third kappa shape index (κ3) is 4.14. The summed E-state index contributed by atoms with van der Waals surface area (Å²) in [5.74, 6) is 0.621. The molecule has 114 valence electrons. The maximum absolute atomic E-state index is 6.11. The third-order valence-corrected chi connectivity index (χ3v) is 3.92. The van der Waals surface area contributed by atoms with Crippen molar-refractivity contribution in [3.05, 3.63) is 63.6 Å². The van der Waals surface area contributed by atoms with Gasteiger partial charge in [0.25, 0.3) is 0 Å². The van der Waals surface area contributed by atoms with Gasteiger partial charge >= 0.3 is 0 Å². The van der Waals surface area contributed by atoms with Gasteiger partial charge in [-0.05, 0) is 24.3 Å². The van der Waals surface area contributed by atoms with Crippen LogP contribution in [0.15, 0.2) is 52.7 Å². The van der Waals surface area contributed by atoms with Crippen LogP contribution in [0, 0.1) is 0 Å². The van der Waals surface area contributed by atoms with Gasteiger partial charge in [0.2, 0.25) is 0 Å². The standard InChI is InChI=1S/C15H10Cl4N2O/c1-22-9-6-7-11(13(17)8-9)15(19)21-20-14(18)10-4-2-3-5-12(10)16/h2-8H,1H3/b20-14-,21-15-. The maximum atomic E-state index is 6.11. The van der Waals surface area contributed by atoms with Crippen molar-refractivity contribution in [1.82, 2.24) is 0 Å². The number of halogens is 4. The Hall–Kier alpha value is -1.26. The third-order valence-electron chi connectivity index (χ3n) is 2.72. The molecule has 0 aliphatic heterocycles. The Bertz CT molecular complexity index is 744. The Balaban J connectivity index is 2.29. The van der Waals surface area contributed by atoms with Crippen LogP contribution in [0.5, 0.6) is 5.75 Å². The molecule has 0 fully saturated rings. The molecule has 2 aromatic carbocycles. The molecule has 0 aliphatic rings. The number of benzene rings is 2. The van der Waals surface area contributed by atoms with E-state index < -0.39 is 0 Å². The summed E-state index contributed by atoms with van der Waals surface area (Å²) in [4.78, 5) is 0. The fraction of sp³-hybridized carbons (Fsp3) is 0.0667. The molecule has 0 atom stereocenters. The molecule has 0 unspecified atom stereocenters. The summed E-state index contributed by atoms with van der Waals surface area (Å²) in [5.41, 5.74) is 1.09. The smallest absolute Gasteiger partial charge is 0.160 e. The molecule has 0 heterocycles. The van der Waals surface area contributed by atoms with Crippen molar-refractivity contribution in [2.45, 2.75) is 0 Å². The Morgan fingerprint density at radius 3 is 2.00 bits per heavy atom. The van der Waals surface area contributed by atoms with Gasteiger partial charge < -0.3 is 4.74 Å². The van der Waals surface area contributed by atoms with E-state index in [9.17, 15) is 0 Å². The van der Waals surface area contributed by atoms with Crippen molar-refractivity contribution in [2.75, 3.05) is 7.11 Å². The minimum Gasteiger partial charge on any atom is -0.497 e. The van der Waals surface area contributed by atoms with Gasteiger partial charge in [0.1, 0.15) is 5.75 Å². The summed E-state index contributed by atoms with van der Waals surface area (Å²) in [7, 11) is 1.55. The molecule has 0 aromatic heterocycles. The first-order valence-electron chi connectivity index (χ1n) is 6.08. The molecule has 2 rings (SSSR count). The van der Waals surface area contributed by atoms with Crippen molar-refractivity contribution < 1.29 is 4.74 Å². The van der Waals surface area contributed by atoms with E-state index in [2.05, 4.69) is 10.2 Å². The van der Waals surface area contributed by atoms with E-state index in [1.165, 1.54) is 0 Å². The van der Waals surface area contributed by atoms with Gasteiger partial charge in [0.15, 0.2) is 10.3 Å². The normalized spacial score (nSPS) is 12.4. The Morgan fingerprint density at radius 1 is 0.864 bits per heavy atom. The molecule has 0 amide bonds. The van der Waals surface area contributed by atoms with Crippen molar-refractivity contribution in [1.29, 1.82) is 0 Å². The lowest BCUT2D eigenvalue weighted by Crippen LogP contribution is -1.95. The van der Waals surface area contributed by atoms with Gasteiger partial charge in [-0.2, -0.15) is 0 Å². The molecule has 0 saturated heterocycles. The van der Waals surface area contributed by atoms with E-state index in [-0.39, 0.29) is 10.3 Å². The molecule has 3 nitrogen and oxygen atoms in total. The second-order valence-electron chi connectivity index (χ2n) is 4.11. The largest absolute Gasteiger partial charge is 0.497 e. The molecule has 7 heteroatoms. The van der Waals surface area contributed by atoms with Gasteiger partial charge in [-0.25, -0.2) is 0 Å². The number of ether oxygens (including phenoxy) is 1. The van der Waals surface area contributed by atoms with E-state index in [0.29, 0.717) is 26.9 Å². The second kappa shape index (κ2) is 7.84. The van der Waals surface area contributed by atoms with E-state index in [0.717, 1.165) is 0 Å². The minimum absolute atomic E-state index is 0.109. The number of rotatable bonds is 4. The van der Waals surface area contributed by atoms with Crippen LogP contribution in [0.3, 0.4) is 0 Å². The summed E-state index contributed by atoms with van der Waals surface area (Å²) in [6, 6.07) is 12.1. The lowest BCUT2D eigenvalue weighted by molar-refractivity contribution is 0.415. The second-order valence-corrected chi connectivity index (χ2v) is 5.64. The summed E-state index contributed by atoms with van der Waals surface area (Å²) in [5, 5.41) is 8.88. The van der Waals surface area contributed by atoms with Crippen LogP contribution in [-0.4, -0.2) is 17.5 Å². The predicted molar refractivity (Wildman–Crippen MR) is 94.2 cm³/mol. The van der Waals surface area contributed by atoms with Crippen LogP contribution in [0.4, 0.5) is 0 Å². The monoisotopic (exact) mass is 374 g/mol. The van der Waals surface area contributed by atoms with Gasteiger partial charge in [-0.3, -0.25) is 0 Å². The average Bonchev–Trinajstić information content (AvgIpc) is 2.52. The summed E-state index contributed by atoms with van der Waals surface area (Å²) >= 11 is 24.3. The topological polar surface area (TPSA) is 34.0 Å². The Labute approximate surface area is 148 Å². The molecule has 0 bridgehead atoms. The van der Waals surface area contributed by atoms with Crippen molar-refractivity contribution in [2.24, 2.45) is 10.2 Å². The highest BCUT2D eigenvalue weighted by molar-refractivity contribution is 6.72. The summed E-state index contributed by atoms with van der Waals surface area (Å²) in [6.45, 7) is 0. The highest BCUT2D eigenvalue weighted by Crippen LogP contribution is 2.24. The zero-order valence-corrected chi connectivity index (χ0v) is 14.4. The van der Waals surface area contributed by atoms with E-state index in [1.807, 2.05) is 0 Å². The first kappa shape index (κ1) is 17.1. The van der Waals surface area contributed by atoms with Gasteiger partial charge in [0, 0.05) is 11.1 Å². The van der Waals surface area contributed by atoms with Gasteiger partial charge in [0.05, 0.1) is 17.2 Å². The van der Waals surface area contributed by atoms with E-state index in [1.54, 1.807) is 49.6 Å². The zero-order chi connectivity index (χ0) is 16.1. The molecular weight excluding hydrogens is 366 g/mol. The highest BCUT2D eigenvalue weighted by Gasteiger charge is 2.08. The predicted octanol–water partition coefficient (Wildman–Crippen LogP) is 5.59. The Kier molecular flexibility index (Phi) is 6.09. The molecule has 0 aliphatic carbocycles. The van der Waals surface area contributed by atoms with Gasteiger partial charge in [-0.1, -0.05) is 64.6 Å². The van der Waals surface area contributed by atoms with Crippen LogP contribution in [0.1, 0.15) is 11.1 Å². The number of hydrogen-bond donors (Lipinski definition) is 0. The maximum Gasteiger partial charge on any atom is 0.160 e. The Morgan fingerprint density at radius 2 is 1.45 bits per heavy atom. The molecule has 0 spiro atoms. The van der Waals surface area contributed by atoms with Crippen LogP contribution in [0.2, 0.25) is 10.0 Å². The molecule has 2 aromatic rings. The van der Waals surface area contributed by atoms with Gasteiger partial charge in [-0.15, -0.1) is 10.2 Å². The molecular formula is C15H10Cl4N2O. The van der Waals surface area contributed by atoms with Crippen molar-refractivity contribution in [3.8, 4) is 5.75 Å². The zero-order valence-electron chi connectivity index (χ0n) is 11.4. The number of methoxy groups -OCH3 is 1. The lowest BCUT2D eigenvalue weighted by atomic mass is 10.2. The molecule has 0 radical (unpaired) electrons. The molecule has 0 N–H and O–H groups in total. The average molecular weight is 376 g/mol. The van der Waals surface area contributed by atoms with Crippen LogP contribution >= 0.6 is 46.4 Å². The summed E-state index contributed by atoms with van der Waals surface area (Å²) < 4.78 is 5.07. The fourth-order valence-corrected chi connectivity index (χ4v) is 2.60. The molecule has 22 heavy (non-hydrogen) atoms. The highest BCUT2D eigenvalue weighted by atomic mass is 35.5.